The summed E-state index contributed by atoms with van der Waals surface area (Å²) in [7, 11) is 0. The van der Waals surface area contributed by atoms with Crippen LogP contribution in [0.15, 0.2) is 18.2 Å². The number of ether oxygens (including phenoxy) is 1. The molecule has 0 saturated heterocycles. The first-order chi connectivity index (χ1) is 16.9. The van der Waals surface area contributed by atoms with E-state index < -0.39 is 0 Å². The third-order valence-electron chi connectivity index (χ3n) is 6.49. The van der Waals surface area contributed by atoms with Gasteiger partial charge in [0.25, 0.3) is 0 Å². The number of anilines is 2. The normalized spacial score (nSPS) is 12.6. The quantitative estimate of drug-likeness (QED) is 0.166. The molecule has 35 heavy (non-hydrogen) atoms. The van der Waals surface area contributed by atoms with Gasteiger partial charge in [-0.05, 0) is 55.7 Å². The van der Waals surface area contributed by atoms with E-state index >= 15 is 0 Å². The van der Waals surface area contributed by atoms with Crippen molar-refractivity contribution in [1.82, 2.24) is 10.6 Å². The van der Waals surface area contributed by atoms with E-state index in [2.05, 4.69) is 49.0 Å². The minimum Gasteiger partial charge on any atom is -0.381 e. The molecule has 200 valence electrons. The highest BCUT2D eigenvalue weighted by molar-refractivity contribution is 5.93. The fourth-order valence-corrected chi connectivity index (χ4v) is 3.88. The van der Waals surface area contributed by atoms with E-state index in [9.17, 15) is 9.59 Å². The van der Waals surface area contributed by atoms with E-state index in [-0.39, 0.29) is 12.1 Å². The SMILES string of the molecule is CCCCC(CC)CNC(=O)Nc1cc(NC(=O)NCCCOCC(CC)CCCC)ccc1C. The number of carbonyl (C=O) groups is 2. The summed E-state index contributed by atoms with van der Waals surface area (Å²) in [4.78, 5) is 24.7. The van der Waals surface area contributed by atoms with Crippen LogP contribution in [0, 0.1) is 18.8 Å². The van der Waals surface area contributed by atoms with Gasteiger partial charge < -0.3 is 26.0 Å². The minimum atomic E-state index is -0.264. The Labute approximate surface area is 213 Å². The number of hydrogen-bond donors (Lipinski definition) is 4. The zero-order valence-electron chi connectivity index (χ0n) is 22.8. The summed E-state index contributed by atoms with van der Waals surface area (Å²) >= 11 is 0. The lowest BCUT2D eigenvalue weighted by molar-refractivity contribution is 0.0925. The molecule has 0 aliphatic heterocycles. The largest absolute Gasteiger partial charge is 0.381 e. The van der Waals surface area contributed by atoms with Crippen molar-refractivity contribution in [3.63, 3.8) is 0 Å². The lowest BCUT2D eigenvalue weighted by atomic mass is 9.99. The second-order valence-electron chi connectivity index (χ2n) is 9.51. The summed E-state index contributed by atoms with van der Waals surface area (Å²) in [6, 6.07) is 5.02. The Hall–Kier alpha value is -2.28. The van der Waals surface area contributed by atoms with Crippen LogP contribution in [0.3, 0.4) is 0 Å². The van der Waals surface area contributed by atoms with E-state index in [4.69, 9.17) is 4.74 Å². The predicted molar refractivity (Wildman–Crippen MR) is 147 cm³/mol. The Morgan fingerprint density at radius 1 is 0.857 bits per heavy atom. The van der Waals surface area contributed by atoms with E-state index in [0.717, 1.165) is 37.9 Å². The van der Waals surface area contributed by atoms with Gasteiger partial charge in [0.15, 0.2) is 0 Å². The lowest BCUT2D eigenvalue weighted by Crippen LogP contribution is -2.33. The van der Waals surface area contributed by atoms with Crippen molar-refractivity contribution >= 4 is 23.4 Å². The molecule has 0 bridgehead atoms. The van der Waals surface area contributed by atoms with Gasteiger partial charge in [-0.2, -0.15) is 0 Å². The molecule has 0 aromatic heterocycles. The van der Waals surface area contributed by atoms with Crippen LogP contribution in [-0.2, 0) is 4.74 Å². The van der Waals surface area contributed by atoms with Crippen LogP contribution in [0.1, 0.15) is 91.0 Å². The molecule has 7 heteroatoms. The molecule has 1 aromatic rings. The Bertz CT molecular complexity index is 726. The van der Waals surface area contributed by atoms with E-state index in [1.165, 1.54) is 32.1 Å². The number of hydrogen-bond acceptors (Lipinski definition) is 3. The molecule has 0 aliphatic rings. The number of aryl methyl sites for hydroxylation is 1. The highest BCUT2D eigenvalue weighted by Crippen LogP contribution is 2.20. The third-order valence-corrected chi connectivity index (χ3v) is 6.49. The highest BCUT2D eigenvalue weighted by atomic mass is 16.5. The van der Waals surface area contributed by atoms with Gasteiger partial charge in [-0.25, -0.2) is 9.59 Å². The van der Waals surface area contributed by atoms with Crippen LogP contribution >= 0.6 is 0 Å². The molecule has 1 rings (SSSR count). The predicted octanol–water partition coefficient (Wildman–Crippen LogP) is 7.08. The van der Waals surface area contributed by atoms with Gasteiger partial charge in [-0.1, -0.05) is 72.3 Å². The molecule has 2 unspecified atom stereocenters. The van der Waals surface area contributed by atoms with Gasteiger partial charge in [0.2, 0.25) is 0 Å². The number of unbranched alkanes of at least 4 members (excludes halogenated alkanes) is 2. The van der Waals surface area contributed by atoms with Gasteiger partial charge in [0, 0.05) is 37.7 Å². The van der Waals surface area contributed by atoms with Crippen molar-refractivity contribution in [2.75, 3.05) is 36.9 Å². The zero-order chi connectivity index (χ0) is 25.9. The molecule has 7 nitrogen and oxygen atoms in total. The van der Waals surface area contributed by atoms with Crippen LogP contribution in [-0.4, -0.2) is 38.4 Å². The highest BCUT2D eigenvalue weighted by Gasteiger charge is 2.11. The van der Waals surface area contributed by atoms with Crippen LogP contribution in [0.2, 0.25) is 0 Å². The molecule has 0 spiro atoms. The first-order valence-electron chi connectivity index (χ1n) is 13.7. The van der Waals surface area contributed by atoms with Crippen molar-refractivity contribution < 1.29 is 14.3 Å². The van der Waals surface area contributed by atoms with Crippen molar-refractivity contribution in [2.24, 2.45) is 11.8 Å². The molecule has 0 saturated carbocycles. The standard InChI is InChI=1S/C28H50N4O3/c1-6-10-13-23(8-3)20-30-28(34)32-26-19-25(16-15-22(26)5)31-27(33)29-17-12-18-35-21-24(9-4)14-11-7-2/h15-16,19,23-24H,6-14,17-18,20-21H2,1-5H3,(H2,29,31,33)(H2,30,32,34). The molecule has 2 atom stereocenters. The van der Waals surface area contributed by atoms with Gasteiger partial charge >= 0.3 is 12.1 Å². The summed E-state index contributed by atoms with van der Waals surface area (Å²) in [6.07, 6.45) is 10.2. The second kappa shape index (κ2) is 19.0. The minimum absolute atomic E-state index is 0.218. The monoisotopic (exact) mass is 490 g/mol. The van der Waals surface area contributed by atoms with Gasteiger partial charge in [-0.15, -0.1) is 0 Å². The van der Waals surface area contributed by atoms with Crippen molar-refractivity contribution in [2.45, 2.75) is 92.4 Å². The second-order valence-corrected chi connectivity index (χ2v) is 9.51. The molecule has 4 amide bonds. The Kier molecular flexibility index (Phi) is 16.7. The molecule has 0 fully saturated rings. The summed E-state index contributed by atoms with van der Waals surface area (Å²) in [5, 5.41) is 11.6. The zero-order valence-corrected chi connectivity index (χ0v) is 22.8. The Morgan fingerprint density at radius 3 is 2.17 bits per heavy atom. The number of urea groups is 2. The van der Waals surface area contributed by atoms with Crippen molar-refractivity contribution in [3.05, 3.63) is 23.8 Å². The molecule has 0 heterocycles. The first kappa shape index (κ1) is 30.8. The average molecular weight is 491 g/mol. The lowest BCUT2D eigenvalue weighted by Gasteiger charge is -2.17. The number of benzene rings is 1. The van der Waals surface area contributed by atoms with Crippen LogP contribution in [0.4, 0.5) is 21.0 Å². The molecular formula is C28H50N4O3. The maximum Gasteiger partial charge on any atom is 0.319 e. The topological polar surface area (TPSA) is 91.5 Å². The van der Waals surface area contributed by atoms with E-state index in [1.807, 2.05) is 19.1 Å². The van der Waals surface area contributed by atoms with E-state index in [1.54, 1.807) is 6.07 Å². The first-order valence-corrected chi connectivity index (χ1v) is 13.7. The number of nitrogens with one attached hydrogen (secondary N) is 4. The smallest absolute Gasteiger partial charge is 0.319 e. The third kappa shape index (κ3) is 14.0. The summed E-state index contributed by atoms with van der Waals surface area (Å²) < 4.78 is 5.79. The fourth-order valence-electron chi connectivity index (χ4n) is 3.88. The average Bonchev–Trinajstić information content (AvgIpc) is 2.85. The Balaban J connectivity index is 2.37. The molecule has 4 N–H and O–H groups in total. The number of rotatable bonds is 18. The van der Waals surface area contributed by atoms with Crippen LogP contribution < -0.4 is 21.3 Å². The number of carbonyl (C=O) groups excluding carboxylic acids is 2. The van der Waals surface area contributed by atoms with Crippen molar-refractivity contribution in [3.8, 4) is 0 Å². The molecule has 1 aromatic carbocycles. The summed E-state index contributed by atoms with van der Waals surface area (Å²) in [5.41, 5.74) is 2.25. The Morgan fingerprint density at radius 2 is 1.51 bits per heavy atom. The maximum atomic E-state index is 12.4. The maximum absolute atomic E-state index is 12.4. The summed E-state index contributed by atoms with van der Waals surface area (Å²) in [6.45, 7) is 13.4. The molecule has 0 radical (unpaired) electrons. The van der Waals surface area contributed by atoms with Crippen molar-refractivity contribution in [1.29, 1.82) is 0 Å². The van der Waals surface area contributed by atoms with Crippen LogP contribution in [0.5, 0.6) is 0 Å². The fraction of sp³-hybridized carbons (Fsp3) is 0.714. The molecular weight excluding hydrogens is 440 g/mol. The summed E-state index contributed by atoms with van der Waals surface area (Å²) in [5.74, 6) is 1.13. The molecule has 0 aliphatic carbocycles. The number of amides is 4. The van der Waals surface area contributed by atoms with Crippen LogP contribution in [0.25, 0.3) is 0 Å². The van der Waals surface area contributed by atoms with E-state index in [0.29, 0.717) is 42.9 Å². The van der Waals surface area contributed by atoms with Gasteiger partial charge in [-0.3, -0.25) is 0 Å². The van der Waals surface area contributed by atoms with Gasteiger partial charge in [0.1, 0.15) is 0 Å². The van der Waals surface area contributed by atoms with Gasteiger partial charge in [0.05, 0.1) is 0 Å².